The van der Waals surface area contributed by atoms with Crippen molar-refractivity contribution in [2.75, 3.05) is 20.6 Å². The molecule has 3 atom stereocenters. The number of rotatable bonds is 3. The summed E-state index contributed by atoms with van der Waals surface area (Å²) < 4.78 is 11.8. The van der Waals surface area contributed by atoms with Gasteiger partial charge in [0.15, 0.2) is 5.79 Å². The molecule has 1 saturated heterocycles. The molecule has 1 heterocycles. The van der Waals surface area contributed by atoms with Crippen LogP contribution in [0.5, 0.6) is 0 Å². The summed E-state index contributed by atoms with van der Waals surface area (Å²) in [4.78, 5) is 2.10. The minimum absolute atomic E-state index is 0.304. The fraction of sp³-hybridized carbons (Fsp3) is 1.00. The van der Waals surface area contributed by atoms with Gasteiger partial charge in [0.05, 0.1) is 18.8 Å². The van der Waals surface area contributed by atoms with E-state index in [2.05, 4.69) is 18.7 Å². The second-order valence-corrected chi connectivity index (χ2v) is 4.68. The molecule has 0 N–H and O–H groups in total. The Hall–Kier alpha value is -0.120. The first-order chi connectivity index (χ1) is 6.45. The fourth-order valence-electron chi connectivity index (χ4n) is 2.17. The summed E-state index contributed by atoms with van der Waals surface area (Å²) in [7, 11) is 4.08. The van der Waals surface area contributed by atoms with Crippen molar-refractivity contribution in [3.63, 3.8) is 0 Å². The van der Waals surface area contributed by atoms with Crippen molar-refractivity contribution in [1.29, 1.82) is 0 Å². The van der Waals surface area contributed by atoms with Crippen LogP contribution < -0.4 is 0 Å². The van der Waals surface area contributed by atoms with E-state index in [0.717, 1.165) is 19.4 Å². The standard InChI is InChI=1S/C11H23NO2/c1-6-10-7-9(2)13-11(3,14-10)8-12(4)5/h9-10H,6-8H2,1-5H3. The maximum absolute atomic E-state index is 5.94. The lowest BCUT2D eigenvalue weighted by molar-refractivity contribution is -0.308. The topological polar surface area (TPSA) is 21.7 Å². The van der Waals surface area contributed by atoms with Crippen molar-refractivity contribution in [3.8, 4) is 0 Å². The van der Waals surface area contributed by atoms with Crippen LogP contribution in [0.15, 0.2) is 0 Å². The number of nitrogens with zero attached hydrogens (tertiary/aromatic N) is 1. The third-order valence-electron chi connectivity index (χ3n) is 2.52. The van der Waals surface area contributed by atoms with Crippen molar-refractivity contribution >= 4 is 0 Å². The van der Waals surface area contributed by atoms with E-state index in [1.807, 2.05) is 21.0 Å². The first-order valence-corrected chi connectivity index (χ1v) is 5.45. The minimum atomic E-state index is -0.429. The van der Waals surface area contributed by atoms with E-state index in [1.54, 1.807) is 0 Å². The summed E-state index contributed by atoms with van der Waals surface area (Å²) in [5.74, 6) is -0.429. The van der Waals surface area contributed by atoms with Gasteiger partial charge in [0.25, 0.3) is 0 Å². The Balaban J connectivity index is 2.58. The highest BCUT2D eigenvalue weighted by atomic mass is 16.7. The van der Waals surface area contributed by atoms with Crippen LogP contribution in [0.4, 0.5) is 0 Å². The Morgan fingerprint density at radius 2 is 2.00 bits per heavy atom. The molecule has 1 aliphatic heterocycles. The Morgan fingerprint density at radius 3 is 2.50 bits per heavy atom. The van der Waals surface area contributed by atoms with Gasteiger partial charge in [-0.15, -0.1) is 0 Å². The van der Waals surface area contributed by atoms with Crippen LogP contribution in [0.2, 0.25) is 0 Å². The van der Waals surface area contributed by atoms with Gasteiger partial charge in [-0.2, -0.15) is 0 Å². The molecule has 3 unspecified atom stereocenters. The Labute approximate surface area is 87.4 Å². The van der Waals surface area contributed by atoms with Crippen LogP contribution in [-0.4, -0.2) is 43.5 Å². The fourth-order valence-corrected chi connectivity index (χ4v) is 2.17. The highest BCUT2D eigenvalue weighted by molar-refractivity contribution is 4.78. The second kappa shape index (κ2) is 4.60. The second-order valence-electron chi connectivity index (χ2n) is 4.68. The van der Waals surface area contributed by atoms with E-state index in [-0.39, 0.29) is 0 Å². The highest BCUT2D eigenvalue weighted by Crippen LogP contribution is 2.28. The van der Waals surface area contributed by atoms with Gasteiger partial charge in [-0.25, -0.2) is 0 Å². The van der Waals surface area contributed by atoms with E-state index < -0.39 is 5.79 Å². The zero-order valence-corrected chi connectivity index (χ0v) is 10.0. The molecule has 1 aliphatic rings. The summed E-state index contributed by atoms with van der Waals surface area (Å²) in [6.45, 7) is 7.14. The smallest absolute Gasteiger partial charge is 0.178 e. The summed E-state index contributed by atoms with van der Waals surface area (Å²) in [6, 6.07) is 0. The molecular weight excluding hydrogens is 178 g/mol. The van der Waals surface area contributed by atoms with E-state index >= 15 is 0 Å². The maximum atomic E-state index is 5.94. The van der Waals surface area contributed by atoms with Crippen LogP contribution in [0.25, 0.3) is 0 Å². The predicted octanol–water partition coefficient (Wildman–Crippen LogP) is 1.87. The largest absolute Gasteiger partial charge is 0.346 e. The van der Waals surface area contributed by atoms with E-state index in [9.17, 15) is 0 Å². The van der Waals surface area contributed by atoms with Crippen molar-refractivity contribution in [3.05, 3.63) is 0 Å². The molecule has 0 aromatic heterocycles. The molecule has 0 bridgehead atoms. The molecule has 0 aliphatic carbocycles. The van der Waals surface area contributed by atoms with Gasteiger partial charge in [-0.3, -0.25) is 0 Å². The Kier molecular flexibility index (Phi) is 3.93. The van der Waals surface area contributed by atoms with Gasteiger partial charge in [-0.1, -0.05) is 6.92 Å². The van der Waals surface area contributed by atoms with Crippen LogP contribution in [-0.2, 0) is 9.47 Å². The third kappa shape index (κ3) is 3.23. The zero-order valence-electron chi connectivity index (χ0n) is 10.0. The van der Waals surface area contributed by atoms with E-state index in [4.69, 9.17) is 9.47 Å². The SMILES string of the molecule is CCC1CC(C)OC(C)(CN(C)C)O1. The Bertz CT molecular complexity index is 180. The molecule has 0 aromatic rings. The van der Waals surface area contributed by atoms with E-state index in [1.165, 1.54) is 0 Å². The summed E-state index contributed by atoms with van der Waals surface area (Å²) in [6.07, 6.45) is 2.73. The van der Waals surface area contributed by atoms with Crippen LogP contribution in [0.3, 0.4) is 0 Å². The molecule has 3 heteroatoms. The van der Waals surface area contributed by atoms with Gasteiger partial charge < -0.3 is 14.4 Å². The first-order valence-electron chi connectivity index (χ1n) is 5.45. The number of ether oxygens (including phenoxy) is 2. The average molecular weight is 201 g/mol. The lowest BCUT2D eigenvalue weighted by Gasteiger charge is -2.42. The monoisotopic (exact) mass is 201 g/mol. The van der Waals surface area contributed by atoms with Crippen molar-refractivity contribution < 1.29 is 9.47 Å². The quantitative estimate of drug-likeness (QED) is 0.696. The van der Waals surface area contributed by atoms with Crippen molar-refractivity contribution in [2.45, 2.75) is 51.6 Å². The number of hydrogen-bond acceptors (Lipinski definition) is 3. The maximum Gasteiger partial charge on any atom is 0.178 e. The summed E-state index contributed by atoms with van der Waals surface area (Å²) >= 11 is 0. The third-order valence-corrected chi connectivity index (χ3v) is 2.52. The van der Waals surface area contributed by atoms with Crippen molar-refractivity contribution in [1.82, 2.24) is 4.90 Å². The molecule has 14 heavy (non-hydrogen) atoms. The van der Waals surface area contributed by atoms with Crippen molar-refractivity contribution in [2.24, 2.45) is 0 Å². The van der Waals surface area contributed by atoms with Gasteiger partial charge in [0.2, 0.25) is 0 Å². The zero-order chi connectivity index (χ0) is 10.8. The van der Waals surface area contributed by atoms with Gasteiger partial charge in [0, 0.05) is 0 Å². The van der Waals surface area contributed by atoms with Crippen LogP contribution in [0, 0.1) is 0 Å². The number of likely N-dealkylation sites (N-methyl/N-ethyl adjacent to an activating group) is 1. The lowest BCUT2D eigenvalue weighted by atomic mass is 10.1. The lowest BCUT2D eigenvalue weighted by Crippen LogP contribution is -2.51. The molecule has 0 aromatic carbocycles. The predicted molar refractivity (Wildman–Crippen MR) is 57.3 cm³/mol. The molecule has 0 amide bonds. The van der Waals surface area contributed by atoms with Gasteiger partial charge in [-0.05, 0) is 40.8 Å². The normalized spacial score (nSPS) is 39.0. The number of hydrogen-bond donors (Lipinski definition) is 0. The molecule has 1 fully saturated rings. The molecular formula is C11H23NO2. The molecule has 3 nitrogen and oxygen atoms in total. The molecule has 0 spiro atoms. The molecule has 0 radical (unpaired) electrons. The molecule has 1 rings (SSSR count). The summed E-state index contributed by atoms with van der Waals surface area (Å²) in [5.41, 5.74) is 0. The van der Waals surface area contributed by atoms with Gasteiger partial charge in [0.1, 0.15) is 0 Å². The minimum Gasteiger partial charge on any atom is -0.346 e. The summed E-state index contributed by atoms with van der Waals surface area (Å²) in [5, 5.41) is 0. The van der Waals surface area contributed by atoms with E-state index in [0.29, 0.717) is 12.2 Å². The van der Waals surface area contributed by atoms with Crippen LogP contribution in [0.1, 0.15) is 33.6 Å². The highest BCUT2D eigenvalue weighted by Gasteiger charge is 2.36. The van der Waals surface area contributed by atoms with Gasteiger partial charge >= 0.3 is 0 Å². The Morgan fingerprint density at radius 1 is 1.36 bits per heavy atom. The van der Waals surface area contributed by atoms with Crippen LogP contribution >= 0.6 is 0 Å². The first kappa shape index (κ1) is 12.0. The average Bonchev–Trinajstić information content (AvgIpc) is 1.99. The molecule has 0 saturated carbocycles. The molecule has 84 valence electrons.